The van der Waals surface area contributed by atoms with Gasteiger partial charge in [0.05, 0.1) is 0 Å². The summed E-state index contributed by atoms with van der Waals surface area (Å²) in [5.74, 6) is 2.65. The molecule has 2 heteroatoms. The summed E-state index contributed by atoms with van der Waals surface area (Å²) in [6, 6.07) is 0. The second-order valence-electron chi connectivity index (χ2n) is 7.40. The van der Waals surface area contributed by atoms with E-state index in [-0.39, 0.29) is 5.78 Å². The molecule has 0 heterocycles. The molecule has 0 aromatic carbocycles. The van der Waals surface area contributed by atoms with Crippen LogP contribution in [0.3, 0.4) is 0 Å². The average molecular weight is 292 g/mol. The molecule has 2 nitrogen and oxygen atoms in total. The lowest BCUT2D eigenvalue weighted by Crippen LogP contribution is -2.16. The van der Waals surface area contributed by atoms with Crippen LogP contribution in [0.5, 0.6) is 0 Å². The molecule has 0 saturated heterocycles. The van der Waals surface area contributed by atoms with E-state index in [2.05, 4.69) is 46.9 Å². The molecule has 1 fully saturated rings. The topological polar surface area (TPSA) is 26.3 Å². The first-order chi connectivity index (χ1) is 9.75. The van der Waals surface area contributed by atoms with Gasteiger partial charge in [0.15, 0.2) is 5.78 Å². The lowest BCUT2D eigenvalue weighted by atomic mass is 9.99. The van der Waals surface area contributed by atoms with Gasteiger partial charge in [-0.05, 0) is 42.4 Å². The second kappa shape index (κ2) is 7.42. The van der Waals surface area contributed by atoms with E-state index in [1.165, 1.54) is 6.42 Å². The first kappa shape index (κ1) is 18.2. The summed E-state index contributed by atoms with van der Waals surface area (Å²) < 4.78 is 5.90. The Labute approximate surface area is 130 Å². The third kappa shape index (κ3) is 4.56. The molecule has 0 amide bonds. The minimum Gasteiger partial charge on any atom is -0.381 e. The van der Waals surface area contributed by atoms with Crippen LogP contribution in [-0.2, 0) is 9.53 Å². The standard InChI is InChI=1S/C19H32O2/c1-8-16(15(5)20)10-13(3)11-21-12-14(4)18-17(9-2)19(18,6)7/h13-14,17-18H,1,9-12H2,2-7H3. The summed E-state index contributed by atoms with van der Waals surface area (Å²) in [5.41, 5.74) is 3.92. The van der Waals surface area contributed by atoms with E-state index in [1.54, 1.807) is 6.92 Å². The summed E-state index contributed by atoms with van der Waals surface area (Å²) in [6.45, 7) is 18.1. The highest BCUT2D eigenvalue weighted by atomic mass is 16.5. The van der Waals surface area contributed by atoms with Gasteiger partial charge in [-0.1, -0.05) is 47.6 Å². The van der Waals surface area contributed by atoms with Gasteiger partial charge < -0.3 is 4.74 Å². The van der Waals surface area contributed by atoms with Crippen molar-refractivity contribution in [2.45, 2.75) is 54.4 Å². The first-order valence-corrected chi connectivity index (χ1v) is 8.23. The monoisotopic (exact) mass is 292 g/mol. The van der Waals surface area contributed by atoms with E-state index in [0.29, 0.717) is 35.9 Å². The molecule has 120 valence electrons. The molecule has 0 N–H and O–H groups in total. The van der Waals surface area contributed by atoms with E-state index in [4.69, 9.17) is 4.74 Å². The summed E-state index contributed by atoms with van der Waals surface area (Å²) in [5, 5.41) is 0. The van der Waals surface area contributed by atoms with E-state index in [9.17, 15) is 4.79 Å². The molecule has 4 unspecified atom stereocenters. The third-order valence-electron chi connectivity index (χ3n) is 5.17. The van der Waals surface area contributed by atoms with Crippen LogP contribution in [0.15, 0.2) is 17.9 Å². The minimum absolute atomic E-state index is 0.0655. The second-order valence-corrected chi connectivity index (χ2v) is 7.40. The molecule has 0 aromatic heterocycles. The van der Waals surface area contributed by atoms with Crippen molar-refractivity contribution in [3.8, 4) is 0 Å². The molecule has 0 aliphatic heterocycles. The Morgan fingerprint density at radius 2 is 1.95 bits per heavy atom. The molecular formula is C19H32O2. The third-order valence-corrected chi connectivity index (χ3v) is 5.17. The fourth-order valence-electron chi connectivity index (χ4n) is 4.00. The van der Waals surface area contributed by atoms with Crippen molar-refractivity contribution < 1.29 is 9.53 Å². The molecular weight excluding hydrogens is 260 g/mol. The van der Waals surface area contributed by atoms with Crippen LogP contribution >= 0.6 is 0 Å². The molecule has 1 aliphatic carbocycles. The molecule has 1 saturated carbocycles. The van der Waals surface area contributed by atoms with Crippen LogP contribution in [0, 0.1) is 29.1 Å². The first-order valence-electron chi connectivity index (χ1n) is 8.23. The smallest absolute Gasteiger partial charge is 0.163 e. The van der Waals surface area contributed by atoms with E-state index in [1.807, 2.05) is 0 Å². The summed E-state index contributed by atoms with van der Waals surface area (Å²) in [7, 11) is 0. The predicted molar refractivity (Wildman–Crippen MR) is 88.2 cm³/mol. The lowest BCUT2D eigenvalue weighted by Gasteiger charge is -2.16. The number of carbonyl (C=O) groups excluding carboxylic acids is 1. The van der Waals surface area contributed by atoms with E-state index < -0.39 is 0 Å². The van der Waals surface area contributed by atoms with Gasteiger partial charge in [-0.3, -0.25) is 4.79 Å². The number of ketones is 1. The number of hydrogen-bond acceptors (Lipinski definition) is 2. The van der Waals surface area contributed by atoms with Crippen LogP contribution in [-0.4, -0.2) is 19.0 Å². The molecule has 21 heavy (non-hydrogen) atoms. The van der Waals surface area contributed by atoms with E-state index in [0.717, 1.165) is 18.4 Å². The number of hydrogen-bond donors (Lipinski definition) is 0. The zero-order valence-corrected chi connectivity index (χ0v) is 14.7. The van der Waals surface area contributed by atoms with Crippen molar-refractivity contribution in [2.24, 2.45) is 29.1 Å². The molecule has 0 radical (unpaired) electrons. The van der Waals surface area contributed by atoms with Crippen LogP contribution < -0.4 is 0 Å². The number of carbonyl (C=O) groups is 1. The molecule has 0 bridgehead atoms. The Morgan fingerprint density at radius 3 is 2.38 bits per heavy atom. The predicted octanol–water partition coefficient (Wildman–Crippen LogP) is 4.65. The Balaban J connectivity index is 2.31. The summed E-state index contributed by atoms with van der Waals surface area (Å²) in [6.07, 6.45) is 1.98. The summed E-state index contributed by atoms with van der Waals surface area (Å²) in [4.78, 5) is 11.4. The van der Waals surface area contributed by atoms with Crippen molar-refractivity contribution >= 4 is 5.78 Å². The van der Waals surface area contributed by atoms with Gasteiger partial charge in [-0.2, -0.15) is 0 Å². The highest BCUT2D eigenvalue weighted by molar-refractivity contribution is 5.92. The Kier molecular flexibility index (Phi) is 6.43. The summed E-state index contributed by atoms with van der Waals surface area (Å²) >= 11 is 0. The van der Waals surface area contributed by atoms with Crippen molar-refractivity contribution in [1.82, 2.24) is 0 Å². The normalized spacial score (nSPS) is 25.8. The zero-order chi connectivity index (χ0) is 16.2. The molecule has 1 aliphatic rings. The number of rotatable bonds is 9. The fraction of sp³-hybridized carbons (Fsp3) is 0.789. The van der Waals surface area contributed by atoms with Gasteiger partial charge >= 0.3 is 0 Å². The highest BCUT2D eigenvalue weighted by Gasteiger charge is 2.58. The van der Waals surface area contributed by atoms with Crippen LogP contribution in [0.1, 0.15) is 54.4 Å². The SMILES string of the molecule is C=C=C(CC(C)COCC(C)C1C(CC)C1(C)C)C(C)=O. The molecule has 0 spiro atoms. The largest absolute Gasteiger partial charge is 0.381 e. The fourth-order valence-corrected chi connectivity index (χ4v) is 4.00. The van der Waals surface area contributed by atoms with Gasteiger partial charge in [0.2, 0.25) is 0 Å². The van der Waals surface area contributed by atoms with Crippen molar-refractivity contribution in [3.05, 3.63) is 17.9 Å². The van der Waals surface area contributed by atoms with Gasteiger partial charge in [0.1, 0.15) is 0 Å². The van der Waals surface area contributed by atoms with Crippen molar-refractivity contribution in [3.63, 3.8) is 0 Å². The van der Waals surface area contributed by atoms with Crippen molar-refractivity contribution in [2.75, 3.05) is 13.2 Å². The Bertz CT molecular complexity index is 415. The average Bonchev–Trinajstić information content (AvgIpc) is 2.97. The zero-order valence-electron chi connectivity index (χ0n) is 14.7. The van der Waals surface area contributed by atoms with Crippen LogP contribution in [0.2, 0.25) is 0 Å². The van der Waals surface area contributed by atoms with Gasteiger partial charge in [-0.25, -0.2) is 0 Å². The molecule has 0 aromatic rings. The minimum atomic E-state index is 0.0655. The maximum absolute atomic E-state index is 11.4. The Morgan fingerprint density at radius 1 is 1.33 bits per heavy atom. The maximum Gasteiger partial charge on any atom is 0.163 e. The number of Topliss-reactive ketones (excluding diaryl/α,β-unsaturated/α-hetero) is 1. The number of ether oxygens (including phenoxy) is 1. The lowest BCUT2D eigenvalue weighted by molar-refractivity contribution is -0.113. The quantitative estimate of drug-likeness (QED) is 0.457. The van der Waals surface area contributed by atoms with Gasteiger partial charge in [0.25, 0.3) is 0 Å². The van der Waals surface area contributed by atoms with Gasteiger partial charge in [-0.15, -0.1) is 5.73 Å². The Hall–Kier alpha value is -0.850. The van der Waals surface area contributed by atoms with Crippen LogP contribution in [0.4, 0.5) is 0 Å². The molecule has 4 atom stereocenters. The van der Waals surface area contributed by atoms with E-state index >= 15 is 0 Å². The molecule has 1 rings (SSSR count). The maximum atomic E-state index is 11.4. The number of allylic oxidation sites excluding steroid dienone is 1. The van der Waals surface area contributed by atoms with Gasteiger partial charge in [0, 0.05) is 18.8 Å². The van der Waals surface area contributed by atoms with Crippen LogP contribution in [0.25, 0.3) is 0 Å². The van der Waals surface area contributed by atoms with Crippen molar-refractivity contribution in [1.29, 1.82) is 0 Å². The highest BCUT2D eigenvalue weighted by Crippen LogP contribution is 2.63.